The Balaban J connectivity index is 1.53. The summed E-state index contributed by atoms with van der Waals surface area (Å²) in [6.07, 6.45) is 4.10. The number of sulfonamides is 1. The molecule has 0 atom stereocenters. The summed E-state index contributed by atoms with van der Waals surface area (Å²) in [6.45, 7) is 0.353. The highest BCUT2D eigenvalue weighted by Gasteiger charge is 2.07. The zero-order valence-electron chi connectivity index (χ0n) is 14.5. The highest BCUT2D eigenvalue weighted by atomic mass is 32.2. The third-order valence-corrected chi connectivity index (χ3v) is 4.62. The van der Waals surface area contributed by atoms with Gasteiger partial charge < -0.3 is 10.3 Å². The maximum absolute atomic E-state index is 12.1. The van der Waals surface area contributed by atoms with Gasteiger partial charge >= 0.3 is 0 Å². The van der Waals surface area contributed by atoms with E-state index < -0.39 is 10.0 Å². The summed E-state index contributed by atoms with van der Waals surface area (Å²) in [5.41, 5.74) is 3.50. The largest absolute Gasteiger partial charge is 0.361 e. The van der Waals surface area contributed by atoms with E-state index in [1.807, 2.05) is 36.5 Å². The normalized spacial score (nSPS) is 11.4. The molecule has 3 aromatic rings. The second-order valence-corrected chi connectivity index (χ2v) is 7.96. The predicted octanol–water partition coefficient (Wildman–Crippen LogP) is 2.79. The summed E-state index contributed by atoms with van der Waals surface area (Å²) in [5.74, 6) is -0.0447. The third kappa shape index (κ3) is 4.86. The molecule has 3 rings (SSSR count). The first-order chi connectivity index (χ1) is 12.4. The lowest BCUT2D eigenvalue weighted by Crippen LogP contribution is -2.23. The van der Waals surface area contributed by atoms with Crippen LogP contribution < -0.4 is 10.0 Å². The lowest BCUT2D eigenvalue weighted by Gasteiger charge is -2.08. The number of carbonyl (C=O) groups is 1. The first-order valence-electron chi connectivity index (χ1n) is 8.29. The number of fused-ring (bicyclic) bond motifs is 1. The van der Waals surface area contributed by atoms with Gasteiger partial charge in [-0.15, -0.1) is 0 Å². The molecule has 1 amide bonds. The number of hydrogen-bond donors (Lipinski definition) is 3. The molecule has 3 N–H and O–H groups in total. The minimum absolute atomic E-state index is 0.0447. The Morgan fingerprint density at radius 3 is 2.73 bits per heavy atom. The fourth-order valence-electron chi connectivity index (χ4n) is 2.83. The van der Waals surface area contributed by atoms with Crippen LogP contribution in [0, 0.1) is 0 Å². The molecule has 7 heteroatoms. The van der Waals surface area contributed by atoms with Crippen molar-refractivity contribution in [3.63, 3.8) is 0 Å². The summed E-state index contributed by atoms with van der Waals surface area (Å²) in [4.78, 5) is 15.3. The number of aromatic nitrogens is 1. The SMILES string of the molecule is CS(=O)(=O)Nc1cccc(CNC(=O)CCc2c[nH]c3ccccc23)c1. The molecule has 0 unspecified atom stereocenters. The minimum atomic E-state index is -3.32. The Labute approximate surface area is 152 Å². The molecule has 1 heterocycles. The van der Waals surface area contributed by atoms with Gasteiger partial charge in [-0.05, 0) is 35.7 Å². The Morgan fingerprint density at radius 1 is 1.12 bits per heavy atom. The maximum atomic E-state index is 12.1. The van der Waals surface area contributed by atoms with Gasteiger partial charge in [0.15, 0.2) is 0 Å². The smallest absolute Gasteiger partial charge is 0.229 e. The Bertz CT molecular complexity index is 1030. The molecule has 1 aromatic heterocycles. The lowest BCUT2D eigenvalue weighted by molar-refractivity contribution is -0.121. The molecule has 0 fully saturated rings. The van der Waals surface area contributed by atoms with Crippen molar-refractivity contribution in [2.24, 2.45) is 0 Å². The second kappa shape index (κ2) is 7.61. The van der Waals surface area contributed by atoms with Crippen molar-refractivity contribution in [2.75, 3.05) is 11.0 Å². The zero-order valence-corrected chi connectivity index (χ0v) is 15.3. The van der Waals surface area contributed by atoms with Crippen LogP contribution in [0.4, 0.5) is 5.69 Å². The van der Waals surface area contributed by atoms with E-state index in [-0.39, 0.29) is 5.91 Å². The number of H-pyrrole nitrogens is 1. The van der Waals surface area contributed by atoms with Gasteiger partial charge in [-0.25, -0.2) is 8.42 Å². The molecular weight excluding hydrogens is 350 g/mol. The van der Waals surface area contributed by atoms with Crippen LogP contribution in [0.3, 0.4) is 0 Å². The Hall–Kier alpha value is -2.80. The van der Waals surface area contributed by atoms with E-state index in [1.165, 1.54) is 0 Å². The van der Waals surface area contributed by atoms with Crippen LogP contribution >= 0.6 is 0 Å². The molecule has 136 valence electrons. The average Bonchev–Trinajstić information content (AvgIpc) is 3.00. The minimum Gasteiger partial charge on any atom is -0.361 e. The number of amides is 1. The van der Waals surface area contributed by atoms with Gasteiger partial charge in [-0.2, -0.15) is 0 Å². The molecule has 2 aromatic carbocycles. The number of benzene rings is 2. The summed E-state index contributed by atoms with van der Waals surface area (Å²) >= 11 is 0. The number of aromatic amines is 1. The van der Waals surface area contributed by atoms with Crippen molar-refractivity contribution >= 4 is 32.5 Å². The summed E-state index contributed by atoms with van der Waals surface area (Å²) < 4.78 is 25.0. The summed E-state index contributed by atoms with van der Waals surface area (Å²) in [6, 6.07) is 15.0. The lowest BCUT2D eigenvalue weighted by atomic mass is 10.1. The van der Waals surface area contributed by atoms with Crippen molar-refractivity contribution in [1.29, 1.82) is 0 Å². The van der Waals surface area contributed by atoms with Gasteiger partial charge in [0.1, 0.15) is 0 Å². The molecule has 0 saturated heterocycles. The number of para-hydroxylation sites is 1. The van der Waals surface area contributed by atoms with Crippen LogP contribution in [0.1, 0.15) is 17.5 Å². The Kier molecular flexibility index (Phi) is 5.27. The van der Waals surface area contributed by atoms with Crippen molar-refractivity contribution in [2.45, 2.75) is 19.4 Å². The maximum Gasteiger partial charge on any atom is 0.229 e. The highest BCUT2D eigenvalue weighted by Crippen LogP contribution is 2.19. The fraction of sp³-hybridized carbons (Fsp3) is 0.211. The third-order valence-electron chi connectivity index (χ3n) is 4.02. The van der Waals surface area contributed by atoms with Crippen LogP contribution in [0.15, 0.2) is 54.7 Å². The van der Waals surface area contributed by atoms with Crippen LogP contribution in [-0.4, -0.2) is 25.6 Å². The van der Waals surface area contributed by atoms with Gasteiger partial charge in [0.25, 0.3) is 0 Å². The molecule has 0 bridgehead atoms. The first-order valence-corrected chi connectivity index (χ1v) is 10.2. The molecule has 0 aliphatic rings. The average molecular weight is 371 g/mol. The van der Waals surface area contributed by atoms with E-state index in [0.717, 1.165) is 28.3 Å². The van der Waals surface area contributed by atoms with Crippen molar-refractivity contribution in [3.8, 4) is 0 Å². The molecule has 0 aliphatic carbocycles. The molecule has 6 nitrogen and oxygen atoms in total. The van der Waals surface area contributed by atoms with E-state index in [1.54, 1.807) is 18.2 Å². The molecule has 26 heavy (non-hydrogen) atoms. The van der Waals surface area contributed by atoms with Gasteiger partial charge in [-0.1, -0.05) is 30.3 Å². The number of hydrogen-bond acceptors (Lipinski definition) is 3. The van der Waals surface area contributed by atoms with Crippen LogP contribution in [0.5, 0.6) is 0 Å². The van der Waals surface area contributed by atoms with Crippen LogP contribution in [0.2, 0.25) is 0 Å². The molecule has 0 spiro atoms. The number of rotatable bonds is 7. The Morgan fingerprint density at radius 2 is 1.92 bits per heavy atom. The number of nitrogens with one attached hydrogen (secondary N) is 3. The summed E-state index contributed by atoms with van der Waals surface area (Å²) in [7, 11) is -3.32. The second-order valence-electron chi connectivity index (χ2n) is 6.21. The van der Waals surface area contributed by atoms with Crippen LogP contribution in [0.25, 0.3) is 10.9 Å². The van der Waals surface area contributed by atoms with Crippen LogP contribution in [-0.2, 0) is 27.8 Å². The molecule has 0 saturated carbocycles. The standard InChI is InChI=1S/C19H21N3O3S/c1-26(24,25)22-16-6-4-5-14(11-16)12-21-19(23)10-9-15-13-20-18-8-3-2-7-17(15)18/h2-8,11,13,20,22H,9-10,12H2,1H3,(H,21,23). The number of anilines is 1. The van der Waals surface area contributed by atoms with E-state index in [4.69, 9.17) is 0 Å². The monoisotopic (exact) mass is 371 g/mol. The van der Waals surface area contributed by atoms with Gasteiger partial charge in [0.05, 0.1) is 6.26 Å². The topological polar surface area (TPSA) is 91.1 Å². The van der Waals surface area contributed by atoms with E-state index in [2.05, 4.69) is 15.0 Å². The predicted molar refractivity (Wildman–Crippen MR) is 103 cm³/mol. The number of carbonyl (C=O) groups excluding carboxylic acids is 1. The van der Waals surface area contributed by atoms with Gasteiger partial charge in [0.2, 0.25) is 15.9 Å². The summed E-state index contributed by atoms with van der Waals surface area (Å²) in [5, 5.41) is 4.01. The van der Waals surface area contributed by atoms with E-state index in [9.17, 15) is 13.2 Å². The van der Waals surface area contributed by atoms with E-state index >= 15 is 0 Å². The van der Waals surface area contributed by atoms with Gasteiger partial charge in [-0.3, -0.25) is 9.52 Å². The van der Waals surface area contributed by atoms with Crippen molar-refractivity contribution in [1.82, 2.24) is 10.3 Å². The van der Waals surface area contributed by atoms with Crippen molar-refractivity contribution in [3.05, 3.63) is 65.9 Å². The number of aryl methyl sites for hydroxylation is 1. The highest BCUT2D eigenvalue weighted by molar-refractivity contribution is 7.92. The fourth-order valence-corrected chi connectivity index (χ4v) is 3.39. The van der Waals surface area contributed by atoms with E-state index in [0.29, 0.717) is 25.1 Å². The molecule has 0 aliphatic heterocycles. The first kappa shape index (κ1) is 18.0. The van der Waals surface area contributed by atoms with Gasteiger partial charge in [0, 0.05) is 35.8 Å². The zero-order chi connectivity index (χ0) is 18.6. The molecule has 0 radical (unpaired) electrons. The quantitative estimate of drug-likeness (QED) is 0.596. The van der Waals surface area contributed by atoms with Crippen molar-refractivity contribution < 1.29 is 13.2 Å². The molecular formula is C19H21N3O3S.